The molecule has 0 aliphatic carbocycles. The van der Waals surface area contributed by atoms with E-state index in [2.05, 4.69) is 0 Å². The minimum Gasteiger partial charge on any atom is -0.207 e. The molecule has 0 atom stereocenters. The standard InChI is InChI=1S/C10H5ClF2O2S2/c11-17(14,15)10-4-3-9(16-10)7-5-6(12)1-2-8(7)13/h1-5H. The van der Waals surface area contributed by atoms with Crippen molar-refractivity contribution in [1.82, 2.24) is 0 Å². The molecular weight excluding hydrogens is 290 g/mol. The summed E-state index contributed by atoms with van der Waals surface area (Å²) in [6, 6.07) is 5.63. The van der Waals surface area contributed by atoms with Crippen LogP contribution in [-0.2, 0) is 9.05 Å². The second-order valence-electron chi connectivity index (χ2n) is 3.18. The molecule has 1 aromatic heterocycles. The third kappa shape index (κ3) is 2.65. The first kappa shape index (κ1) is 12.5. The van der Waals surface area contributed by atoms with Crippen molar-refractivity contribution in [3.05, 3.63) is 42.0 Å². The zero-order valence-corrected chi connectivity index (χ0v) is 10.5. The van der Waals surface area contributed by atoms with Crippen LogP contribution in [-0.4, -0.2) is 8.42 Å². The minimum atomic E-state index is -3.84. The van der Waals surface area contributed by atoms with Crippen LogP contribution >= 0.6 is 22.0 Å². The molecule has 90 valence electrons. The quantitative estimate of drug-likeness (QED) is 0.793. The Kier molecular flexibility index (Phi) is 3.20. The molecule has 1 heterocycles. The molecule has 2 rings (SSSR count). The van der Waals surface area contributed by atoms with E-state index < -0.39 is 20.7 Å². The van der Waals surface area contributed by atoms with Gasteiger partial charge in [-0.2, -0.15) is 0 Å². The van der Waals surface area contributed by atoms with Crippen molar-refractivity contribution in [2.75, 3.05) is 0 Å². The lowest BCUT2D eigenvalue weighted by Gasteiger charge is -1.99. The number of hydrogen-bond donors (Lipinski definition) is 0. The van der Waals surface area contributed by atoms with Crippen LogP contribution < -0.4 is 0 Å². The molecule has 0 saturated carbocycles. The third-order valence-electron chi connectivity index (χ3n) is 2.02. The molecule has 7 heteroatoms. The average molecular weight is 295 g/mol. The Morgan fingerprint density at radius 3 is 2.41 bits per heavy atom. The molecule has 0 fully saturated rings. The molecule has 0 saturated heterocycles. The maximum atomic E-state index is 13.4. The Morgan fingerprint density at radius 1 is 1.12 bits per heavy atom. The SMILES string of the molecule is O=S(=O)(Cl)c1ccc(-c2cc(F)ccc2F)s1. The zero-order valence-electron chi connectivity index (χ0n) is 8.15. The van der Waals surface area contributed by atoms with Crippen LogP contribution in [0.2, 0.25) is 0 Å². The number of thiophene rings is 1. The summed E-state index contributed by atoms with van der Waals surface area (Å²) in [7, 11) is 1.31. The van der Waals surface area contributed by atoms with Crippen molar-refractivity contribution in [2.24, 2.45) is 0 Å². The van der Waals surface area contributed by atoms with Crippen molar-refractivity contribution >= 4 is 31.1 Å². The van der Waals surface area contributed by atoms with Crippen LogP contribution in [0.5, 0.6) is 0 Å². The first-order chi connectivity index (χ1) is 7.88. The second kappa shape index (κ2) is 4.36. The second-order valence-corrected chi connectivity index (χ2v) is 7.06. The van der Waals surface area contributed by atoms with Crippen LogP contribution in [0.25, 0.3) is 10.4 Å². The van der Waals surface area contributed by atoms with Gasteiger partial charge in [0.05, 0.1) is 0 Å². The minimum absolute atomic E-state index is 0.0153. The molecule has 0 radical (unpaired) electrons. The van der Waals surface area contributed by atoms with Crippen molar-refractivity contribution in [3.63, 3.8) is 0 Å². The van der Waals surface area contributed by atoms with Gasteiger partial charge in [0.1, 0.15) is 15.8 Å². The smallest absolute Gasteiger partial charge is 0.207 e. The van der Waals surface area contributed by atoms with E-state index in [0.29, 0.717) is 4.88 Å². The fourth-order valence-electron chi connectivity index (χ4n) is 1.28. The third-order valence-corrected chi connectivity index (χ3v) is 5.23. The molecule has 0 aliphatic rings. The first-order valence-corrected chi connectivity index (χ1v) is 7.50. The summed E-state index contributed by atoms with van der Waals surface area (Å²) in [6.45, 7) is 0. The van der Waals surface area contributed by atoms with Gasteiger partial charge in [-0.15, -0.1) is 11.3 Å². The Hall–Kier alpha value is -0.980. The maximum Gasteiger partial charge on any atom is 0.270 e. The topological polar surface area (TPSA) is 34.1 Å². The Balaban J connectivity index is 2.55. The summed E-state index contributed by atoms with van der Waals surface area (Å²) >= 11 is 0.789. The summed E-state index contributed by atoms with van der Waals surface area (Å²) < 4.78 is 48.4. The predicted molar refractivity (Wildman–Crippen MR) is 62.7 cm³/mol. The molecule has 0 unspecified atom stereocenters. The summed E-state index contributed by atoms with van der Waals surface area (Å²) in [6.07, 6.45) is 0. The van der Waals surface area contributed by atoms with Gasteiger partial charge in [0.2, 0.25) is 0 Å². The highest BCUT2D eigenvalue weighted by molar-refractivity contribution is 8.15. The summed E-state index contributed by atoms with van der Waals surface area (Å²) in [4.78, 5) is 0.307. The zero-order chi connectivity index (χ0) is 12.6. The van der Waals surface area contributed by atoms with Crippen molar-refractivity contribution in [2.45, 2.75) is 4.21 Å². The highest BCUT2D eigenvalue weighted by Crippen LogP contribution is 2.33. The van der Waals surface area contributed by atoms with E-state index in [1.54, 1.807) is 0 Å². The molecule has 0 bridgehead atoms. The van der Waals surface area contributed by atoms with E-state index in [9.17, 15) is 17.2 Å². The van der Waals surface area contributed by atoms with Crippen LogP contribution in [0.1, 0.15) is 0 Å². The molecule has 0 aliphatic heterocycles. The number of rotatable bonds is 2. The van der Waals surface area contributed by atoms with Crippen molar-refractivity contribution in [1.29, 1.82) is 0 Å². The van der Waals surface area contributed by atoms with Gasteiger partial charge in [-0.3, -0.25) is 0 Å². The molecule has 0 spiro atoms. The van der Waals surface area contributed by atoms with E-state index in [4.69, 9.17) is 10.7 Å². The van der Waals surface area contributed by atoms with Crippen molar-refractivity contribution in [3.8, 4) is 10.4 Å². The van der Waals surface area contributed by atoms with Crippen LogP contribution in [0.15, 0.2) is 34.5 Å². The van der Waals surface area contributed by atoms with Crippen LogP contribution in [0.4, 0.5) is 8.78 Å². The van der Waals surface area contributed by atoms with E-state index in [0.717, 1.165) is 29.5 Å². The highest BCUT2D eigenvalue weighted by Gasteiger charge is 2.16. The van der Waals surface area contributed by atoms with Gasteiger partial charge in [0, 0.05) is 21.1 Å². The monoisotopic (exact) mass is 294 g/mol. The fraction of sp³-hybridized carbons (Fsp3) is 0. The van der Waals surface area contributed by atoms with Gasteiger partial charge >= 0.3 is 0 Å². The molecule has 0 amide bonds. The van der Waals surface area contributed by atoms with Gasteiger partial charge < -0.3 is 0 Å². The normalized spacial score (nSPS) is 11.7. The van der Waals surface area contributed by atoms with E-state index in [1.807, 2.05) is 0 Å². The highest BCUT2D eigenvalue weighted by atomic mass is 35.7. The number of benzene rings is 1. The van der Waals surface area contributed by atoms with E-state index >= 15 is 0 Å². The largest absolute Gasteiger partial charge is 0.270 e. The fourth-order valence-corrected chi connectivity index (χ4v) is 3.37. The molecule has 2 aromatic rings. The van der Waals surface area contributed by atoms with Crippen LogP contribution in [0.3, 0.4) is 0 Å². The summed E-state index contributed by atoms with van der Waals surface area (Å²) in [5.41, 5.74) is 0.0153. The van der Waals surface area contributed by atoms with Gasteiger partial charge in [-0.05, 0) is 30.3 Å². The summed E-state index contributed by atoms with van der Waals surface area (Å²) in [5, 5.41) is 0. The lowest BCUT2D eigenvalue weighted by molar-refractivity contribution is 0.603. The predicted octanol–water partition coefficient (Wildman–Crippen LogP) is 3.62. The lowest BCUT2D eigenvalue weighted by atomic mass is 10.2. The average Bonchev–Trinajstić information content (AvgIpc) is 2.70. The lowest BCUT2D eigenvalue weighted by Crippen LogP contribution is -1.84. The molecular formula is C10H5ClF2O2S2. The Bertz CT molecular complexity index is 665. The van der Waals surface area contributed by atoms with E-state index in [1.165, 1.54) is 12.1 Å². The first-order valence-electron chi connectivity index (χ1n) is 4.38. The number of halogens is 3. The van der Waals surface area contributed by atoms with Gasteiger partial charge in [-0.1, -0.05) is 0 Å². The van der Waals surface area contributed by atoms with Gasteiger partial charge in [0.15, 0.2) is 0 Å². The Labute approximate surface area is 105 Å². The van der Waals surface area contributed by atoms with Gasteiger partial charge in [0.25, 0.3) is 9.05 Å². The molecule has 2 nitrogen and oxygen atoms in total. The molecule has 0 N–H and O–H groups in total. The van der Waals surface area contributed by atoms with E-state index in [-0.39, 0.29) is 9.77 Å². The Morgan fingerprint density at radius 2 is 1.82 bits per heavy atom. The summed E-state index contributed by atoms with van der Waals surface area (Å²) in [5.74, 6) is -1.21. The van der Waals surface area contributed by atoms with Crippen molar-refractivity contribution < 1.29 is 17.2 Å². The molecule has 17 heavy (non-hydrogen) atoms. The maximum absolute atomic E-state index is 13.4. The molecule has 1 aromatic carbocycles. The van der Waals surface area contributed by atoms with Gasteiger partial charge in [-0.25, -0.2) is 17.2 Å². The van der Waals surface area contributed by atoms with Crippen LogP contribution in [0, 0.1) is 11.6 Å². The number of hydrogen-bond acceptors (Lipinski definition) is 3.